The molecular weight excluding hydrogens is 196 g/mol. The molecule has 1 saturated heterocycles. The van der Waals surface area contributed by atoms with Gasteiger partial charge in [0.25, 0.3) is 0 Å². The molecule has 0 aliphatic carbocycles. The molecule has 2 nitrogen and oxygen atoms in total. The molecule has 2 heteroatoms. The first-order valence-electron chi connectivity index (χ1n) is 6.96. The van der Waals surface area contributed by atoms with E-state index in [1.54, 1.807) is 0 Å². The third-order valence-corrected chi connectivity index (χ3v) is 3.43. The van der Waals surface area contributed by atoms with Gasteiger partial charge in [0.1, 0.15) is 0 Å². The summed E-state index contributed by atoms with van der Waals surface area (Å²) >= 11 is 0. The number of hydrogen-bond donors (Lipinski definition) is 1. The van der Waals surface area contributed by atoms with Crippen LogP contribution >= 0.6 is 0 Å². The highest BCUT2D eigenvalue weighted by Crippen LogP contribution is 2.15. The molecule has 1 rings (SSSR count). The summed E-state index contributed by atoms with van der Waals surface area (Å²) in [6.07, 6.45) is 2.60. The largest absolute Gasteiger partial charge is 0.313 e. The van der Waals surface area contributed by atoms with E-state index in [4.69, 9.17) is 0 Å². The van der Waals surface area contributed by atoms with Gasteiger partial charge in [-0.1, -0.05) is 27.7 Å². The van der Waals surface area contributed by atoms with Crippen molar-refractivity contribution in [2.75, 3.05) is 19.6 Å². The maximum absolute atomic E-state index is 3.70. The maximum atomic E-state index is 3.70. The van der Waals surface area contributed by atoms with Crippen molar-refractivity contribution in [2.45, 2.75) is 59.5 Å². The number of nitrogens with zero attached hydrogens (tertiary/aromatic N) is 1. The second kappa shape index (κ2) is 6.61. The van der Waals surface area contributed by atoms with Crippen LogP contribution in [0.2, 0.25) is 0 Å². The summed E-state index contributed by atoms with van der Waals surface area (Å²) in [6, 6.07) is 1.44. The molecule has 1 N–H and O–H groups in total. The zero-order valence-electron chi connectivity index (χ0n) is 11.8. The van der Waals surface area contributed by atoms with Crippen LogP contribution in [0.25, 0.3) is 0 Å². The Kier molecular flexibility index (Phi) is 5.77. The highest BCUT2D eigenvalue weighted by Gasteiger charge is 2.23. The average Bonchev–Trinajstić information content (AvgIpc) is 2.28. The van der Waals surface area contributed by atoms with Gasteiger partial charge in [-0.25, -0.2) is 0 Å². The van der Waals surface area contributed by atoms with E-state index in [1.165, 1.54) is 32.5 Å². The summed E-state index contributed by atoms with van der Waals surface area (Å²) in [7, 11) is 0. The molecule has 0 aromatic heterocycles. The van der Waals surface area contributed by atoms with E-state index in [2.05, 4.69) is 44.8 Å². The number of rotatable bonds is 4. The molecule has 0 aromatic rings. The zero-order chi connectivity index (χ0) is 12.1. The average molecular weight is 226 g/mol. The van der Waals surface area contributed by atoms with Crippen LogP contribution in [0.4, 0.5) is 0 Å². The van der Waals surface area contributed by atoms with Crippen molar-refractivity contribution in [3.05, 3.63) is 0 Å². The first-order valence-corrected chi connectivity index (χ1v) is 6.96. The van der Waals surface area contributed by atoms with Crippen LogP contribution in [-0.4, -0.2) is 36.6 Å². The minimum atomic E-state index is 0.698. The van der Waals surface area contributed by atoms with Gasteiger partial charge in [0.15, 0.2) is 0 Å². The molecule has 0 bridgehead atoms. The molecule has 0 saturated carbocycles. The summed E-state index contributed by atoms with van der Waals surface area (Å²) in [5, 5.41) is 3.70. The molecule has 1 heterocycles. The lowest BCUT2D eigenvalue weighted by Crippen LogP contribution is -2.42. The molecule has 2 atom stereocenters. The Morgan fingerprint density at radius 2 is 1.88 bits per heavy atom. The van der Waals surface area contributed by atoms with Crippen molar-refractivity contribution in [2.24, 2.45) is 11.8 Å². The van der Waals surface area contributed by atoms with Crippen LogP contribution in [0.1, 0.15) is 47.5 Å². The molecule has 0 aromatic carbocycles. The van der Waals surface area contributed by atoms with E-state index in [0.29, 0.717) is 6.04 Å². The monoisotopic (exact) mass is 226 g/mol. The lowest BCUT2D eigenvalue weighted by Gasteiger charge is -2.31. The number of hydrogen-bond acceptors (Lipinski definition) is 2. The second-order valence-corrected chi connectivity index (χ2v) is 6.27. The fourth-order valence-corrected chi connectivity index (χ4v) is 2.66. The molecular formula is C14H30N2. The standard InChI is InChI=1S/C14H30N2/c1-11(2)8-14-10-16(9-12(3)4)13(5)6-7-15-14/h11-15H,6-10H2,1-5H3. The lowest BCUT2D eigenvalue weighted by atomic mass is 10.0. The van der Waals surface area contributed by atoms with Gasteiger partial charge in [-0.15, -0.1) is 0 Å². The Bertz CT molecular complexity index is 189. The smallest absolute Gasteiger partial charge is 0.0197 e. The van der Waals surface area contributed by atoms with Gasteiger partial charge in [-0.3, -0.25) is 4.90 Å². The molecule has 1 aliphatic heterocycles. The molecule has 1 aliphatic rings. The van der Waals surface area contributed by atoms with Gasteiger partial charge >= 0.3 is 0 Å². The van der Waals surface area contributed by atoms with E-state index >= 15 is 0 Å². The molecule has 0 spiro atoms. The van der Waals surface area contributed by atoms with E-state index in [-0.39, 0.29) is 0 Å². The van der Waals surface area contributed by atoms with Gasteiger partial charge in [0.05, 0.1) is 0 Å². The molecule has 96 valence electrons. The Morgan fingerprint density at radius 1 is 1.19 bits per heavy atom. The van der Waals surface area contributed by atoms with Crippen molar-refractivity contribution in [3.63, 3.8) is 0 Å². The summed E-state index contributed by atoms with van der Waals surface area (Å²) < 4.78 is 0. The number of nitrogens with one attached hydrogen (secondary N) is 1. The van der Waals surface area contributed by atoms with Gasteiger partial charge in [0, 0.05) is 25.2 Å². The third-order valence-electron chi connectivity index (χ3n) is 3.43. The van der Waals surface area contributed by atoms with Crippen molar-refractivity contribution < 1.29 is 0 Å². The van der Waals surface area contributed by atoms with E-state index < -0.39 is 0 Å². The fraction of sp³-hybridized carbons (Fsp3) is 1.00. The molecule has 16 heavy (non-hydrogen) atoms. The lowest BCUT2D eigenvalue weighted by molar-refractivity contribution is 0.177. The maximum Gasteiger partial charge on any atom is 0.0197 e. The first kappa shape index (κ1) is 14.0. The first-order chi connectivity index (χ1) is 7.49. The minimum absolute atomic E-state index is 0.698. The quantitative estimate of drug-likeness (QED) is 0.793. The van der Waals surface area contributed by atoms with Gasteiger partial charge in [0.2, 0.25) is 0 Å². The van der Waals surface area contributed by atoms with Crippen LogP contribution in [0.5, 0.6) is 0 Å². The van der Waals surface area contributed by atoms with Crippen LogP contribution < -0.4 is 5.32 Å². The minimum Gasteiger partial charge on any atom is -0.313 e. The summed E-state index contributed by atoms with van der Waals surface area (Å²) in [4.78, 5) is 2.68. The van der Waals surface area contributed by atoms with Crippen molar-refractivity contribution in [3.8, 4) is 0 Å². The second-order valence-electron chi connectivity index (χ2n) is 6.27. The highest BCUT2D eigenvalue weighted by atomic mass is 15.2. The van der Waals surface area contributed by atoms with Crippen molar-refractivity contribution in [1.29, 1.82) is 0 Å². The Labute approximate surface area is 102 Å². The Balaban J connectivity index is 2.51. The Morgan fingerprint density at radius 3 is 2.44 bits per heavy atom. The highest BCUT2D eigenvalue weighted by molar-refractivity contribution is 4.82. The van der Waals surface area contributed by atoms with Crippen molar-refractivity contribution >= 4 is 0 Å². The zero-order valence-corrected chi connectivity index (χ0v) is 11.8. The van der Waals surface area contributed by atoms with Crippen LogP contribution in [0, 0.1) is 11.8 Å². The molecule has 2 unspecified atom stereocenters. The third kappa shape index (κ3) is 4.84. The summed E-state index contributed by atoms with van der Waals surface area (Å²) in [5.74, 6) is 1.58. The predicted octanol–water partition coefficient (Wildman–Crippen LogP) is 2.74. The molecule has 0 amide bonds. The molecule has 1 fully saturated rings. The molecule has 0 radical (unpaired) electrons. The summed E-state index contributed by atoms with van der Waals surface area (Å²) in [5.41, 5.74) is 0. The van der Waals surface area contributed by atoms with E-state index in [1.807, 2.05) is 0 Å². The van der Waals surface area contributed by atoms with E-state index in [0.717, 1.165) is 17.9 Å². The van der Waals surface area contributed by atoms with Crippen molar-refractivity contribution in [1.82, 2.24) is 10.2 Å². The van der Waals surface area contributed by atoms with E-state index in [9.17, 15) is 0 Å². The van der Waals surface area contributed by atoms with Gasteiger partial charge < -0.3 is 5.32 Å². The summed E-state index contributed by atoms with van der Waals surface area (Å²) in [6.45, 7) is 15.3. The fourth-order valence-electron chi connectivity index (χ4n) is 2.66. The van der Waals surface area contributed by atoms with Gasteiger partial charge in [-0.05, 0) is 38.1 Å². The normalized spacial score (nSPS) is 28.7. The van der Waals surface area contributed by atoms with Crippen LogP contribution in [-0.2, 0) is 0 Å². The van der Waals surface area contributed by atoms with Crippen LogP contribution in [0.15, 0.2) is 0 Å². The van der Waals surface area contributed by atoms with Crippen LogP contribution in [0.3, 0.4) is 0 Å². The predicted molar refractivity (Wildman–Crippen MR) is 71.7 cm³/mol. The van der Waals surface area contributed by atoms with Gasteiger partial charge in [-0.2, -0.15) is 0 Å². The topological polar surface area (TPSA) is 15.3 Å². The SMILES string of the molecule is CC(C)CC1CN(CC(C)C)C(C)CCN1. The Hall–Kier alpha value is -0.0800.